The van der Waals surface area contributed by atoms with Crippen molar-refractivity contribution >= 4 is 0 Å². The normalized spacial score (nSPS) is 11.3. The molecule has 1 heterocycles. The molecule has 1 aromatic heterocycles. The van der Waals surface area contributed by atoms with E-state index in [1.54, 1.807) is 48.8 Å². The fourth-order valence-corrected chi connectivity index (χ4v) is 1.65. The first-order valence-electron chi connectivity index (χ1n) is 4.93. The van der Waals surface area contributed by atoms with Crippen LogP contribution >= 0.6 is 0 Å². The first kappa shape index (κ1) is 13.3. The van der Waals surface area contributed by atoms with Crippen LogP contribution in [0.4, 0.5) is 0 Å². The summed E-state index contributed by atoms with van der Waals surface area (Å²) >= 11 is 0. The molecule has 0 saturated carbocycles. The molecule has 0 bridgehead atoms. The summed E-state index contributed by atoms with van der Waals surface area (Å²) in [7, 11) is 0. The van der Waals surface area contributed by atoms with E-state index in [1.165, 1.54) is 0 Å². The third kappa shape index (κ3) is 3.10. The van der Waals surface area contributed by atoms with Gasteiger partial charge >= 0.3 is 0 Å². The smallest absolute Gasteiger partial charge is 0.263 e. The number of nitrogens with zero attached hydrogens (tertiary/aromatic N) is 1. The topological polar surface area (TPSA) is 57.3 Å². The van der Waals surface area contributed by atoms with Crippen LogP contribution in [0.25, 0.3) is 0 Å². The quantitative estimate of drug-likeness (QED) is 0.531. The Morgan fingerprint density at radius 3 is 2.06 bits per heavy atom. The van der Waals surface area contributed by atoms with Gasteiger partial charge in [-0.1, -0.05) is 30.3 Å². The third-order valence-electron chi connectivity index (χ3n) is 2.39. The summed E-state index contributed by atoms with van der Waals surface area (Å²) < 4.78 is 0. The van der Waals surface area contributed by atoms with Gasteiger partial charge in [0, 0.05) is 28.2 Å². The molecule has 0 aliphatic rings. The van der Waals surface area contributed by atoms with Crippen LogP contribution in [0.3, 0.4) is 0 Å². The lowest BCUT2D eigenvalue weighted by atomic mass is 10.0. The van der Waals surface area contributed by atoms with Crippen LogP contribution in [-0.2, 0) is 0 Å². The highest BCUT2D eigenvalue weighted by molar-refractivity contribution is 5.27. The minimum atomic E-state index is -0.796. The second kappa shape index (κ2) is 6.10. The Balaban J connectivity index is 0.00000144. The van der Waals surface area contributed by atoms with Crippen molar-refractivity contribution in [1.29, 1.82) is 0 Å². The van der Waals surface area contributed by atoms with Crippen LogP contribution in [0.15, 0.2) is 54.9 Å². The molecule has 4 nitrogen and oxygen atoms in total. The number of aromatic amines is 1. The van der Waals surface area contributed by atoms with E-state index >= 15 is 0 Å². The van der Waals surface area contributed by atoms with E-state index in [9.17, 15) is 10.1 Å². The Kier molecular flexibility index (Phi) is 4.78. The van der Waals surface area contributed by atoms with Crippen LogP contribution in [0, 0.1) is 10.1 Å². The Labute approximate surface area is 109 Å². The van der Waals surface area contributed by atoms with Crippen molar-refractivity contribution in [1.82, 2.24) is 0 Å². The van der Waals surface area contributed by atoms with E-state index in [1.807, 2.05) is 6.07 Å². The number of nitrogens with one attached hydrogen (secondary N) is 1. The molecular formula is C12H11BrN2O2. The van der Waals surface area contributed by atoms with E-state index in [-0.39, 0.29) is 21.9 Å². The van der Waals surface area contributed by atoms with Crippen molar-refractivity contribution < 1.29 is 26.9 Å². The van der Waals surface area contributed by atoms with Crippen molar-refractivity contribution in [2.45, 2.75) is 6.04 Å². The molecule has 1 aromatic carbocycles. The SMILES string of the molecule is O=[N+]([O-])C(c1ccccc1)c1cc[nH+]cc1.[Br-]. The van der Waals surface area contributed by atoms with E-state index < -0.39 is 6.04 Å². The first-order chi connectivity index (χ1) is 7.79. The maximum atomic E-state index is 11.1. The molecule has 1 atom stereocenters. The number of aromatic nitrogens is 1. The molecular weight excluding hydrogens is 284 g/mol. The lowest BCUT2D eigenvalue weighted by molar-refractivity contribution is -0.517. The molecule has 1 unspecified atom stereocenters. The van der Waals surface area contributed by atoms with Crippen molar-refractivity contribution in [2.75, 3.05) is 0 Å². The summed E-state index contributed by atoms with van der Waals surface area (Å²) in [6, 6.07) is 11.6. The zero-order valence-corrected chi connectivity index (χ0v) is 10.5. The number of halogens is 1. The molecule has 0 aliphatic carbocycles. The van der Waals surface area contributed by atoms with E-state index in [4.69, 9.17) is 0 Å². The van der Waals surface area contributed by atoms with Gasteiger partial charge in [0.2, 0.25) is 0 Å². The van der Waals surface area contributed by atoms with Gasteiger partial charge in [-0.2, -0.15) is 0 Å². The van der Waals surface area contributed by atoms with Crippen LogP contribution < -0.4 is 22.0 Å². The number of hydrogen-bond donors (Lipinski definition) is 0. The van der Waals surface area contributed by atoms with Gasteiger partial charge in [-0.05, 0) is 0 Å². The first-order valence-corrected chi connectivity index (χ1v) is 4.93. The molecule has 1 N–H and O–H groups in total. The predicted octanol–water partition coefficient (Wildman–Crippen LogP) is -1.13. The maximum Gasteiger partial charge on any atom is 0.263 e. The van der Waals surface area contributed by atoms with Crippen molar-refractivity contribution in [3.05, 3.63) is 76.1 Å². The summed E-state index contributed by atoms with van der Waals surface area (Å²) in [4.78, 5) is 13.7. The molecule has 2 rings (SSSR count). The largest absolute Gasteiger partial charge is 1.00 e. The summed E-state index contributed by atoms with van der Waals surface area (Å²) in [6.45, 7) is 0. The second-order valence-electron chi connectivity index (χ2n) is 3.43. The monoisotopic (exact) mass is 294 g/mol. The van der Waals surface area contributed by atoms with E-state index in [0.29, 0.717) is 11.1 Å². The highest BCUT2D eigenvalue weighted by Gasteiger charge is 2.25. The average molecular weight is 295 g/mol. The third-order valence-corrected chi connectivity index (χ3v) is 2.39. The number of nitro groups is 1. The number of benzene rings is 1. The summed E-state index contributed by atoms with van der Waals surface area (Å²) in [5.74, 6) is 0. The van der Waals surface area contributed by atoms with E-state index in [2.05, 4.69) is 4.98 Å². The molecule has 0 radical (unpaired) electrons. The van der Waals surface area contributed by atoms with Crippen molar-refractivity contribution in [3.8, 4) is 0 Å². The molecule has 0 saturated heterocycles. The number of rotatable bonds is 3. The van der Waals surface area contributed by atoms with Gasteiger partial charge in [0.25, 0.3) is 6.04 Å². The van der Waals surface area contributed by atoms with E-state index in [0.717, 1.165) is 0 Å². The summed E-state index contributed by atoms with van der Waals surface area (Å²) in [6.07, 6.45) is 3.38. The molecule has 5 heteroatoms. The number of H-pyrrole nitrogens is 1. The molecule has 2 aromatic rings. The van der Waals surface area contributed by atoms with Crippen LogP contribution in [0.1, 0.15) is 17.2 Å². The van der Waals surface area contributed by atoms with Crippen LogP contribution in [0.2, 0.25) is 0 Å². The fraction of sp³-hybridized carbons (Fsp3) is 0.0833. The Morgan fingerprint density at radius 1 is 1.00 bits per heavy atom. The van der Waals surface area contributed by atoms with Gasteiger partial charge in [-0.15, -0.1) is 0 Å². The second-order valence-corrected chi connectivity index (χ2v) is 3.43. The standard InChI is InChI=1S/C12H10N2O2.BrH/c15-14(16)12(10-4-2-1-3-5-10)11-6-8-13-9-7-11;/h1-9,12H;1H. The summed E-state index contributed by atoms with van der Waals surface area (Å²) in [5.41, 5.74) is 1.37. The highest BCUT2D eigenvalue weighted by Crippen LogP contribution is 2.23. The molecule has 0 spiro atoms. The number of pyridine rings is 1. The lowest BCUT2D eigenvalue weighted by Crippen LogP contribution is -3.00. The van der Waals surface area contributed by atoms with Crippen LogP contribution in [0.5, 0.6) is 0 Å². The maximum absolute atomic E-state index is 11.1. The molecule has 0 fully saturated rings. The van der Waals surface area contributed by atoms with Crippen molar-refractivity contribution in [2.24, 2.45) is 0 Å². The van der Waals surface area contributed by atoms with Gasteiger partial charge < -0.3 is 17.0 Å². The summed E-state index contributed by atoms with van der Waals surface area (Å²) in [5, 5.41) is 11.1. The van der Waals surface area contributed by atoms with Gasteiger partial charge in [0.15, 0.2) is 12.4 Å². The zero-order valence-electron chi connectivity index (χ0n) is 8.92. The lowest BCUT2D eigenvalue weighted by Gasteiger charge is -2.08. The molecule has 0 aliphatic heterocycles. The van der Waals surface area contributed by atoms with Crippen LogP contribution in [-0.4, -0.2) is 4.92 Å². The Bertz CT molecular complexity index is 437. The Morgan fingerprint density at radius 2 is 1.53 bits per heavy atom. The zero-order chi connectivity index (χ0) is 11.4. The molecule has 0 amide bonds. The van der Waals surface area contributed by atoms with Crippen molar-refractivity contribution in [3.63, 3.8) is 0 Å². The van der Waals surface area contributed by atoms with Gasteiger partial charge in [-0.3, -0.25) is 10.1 Å². The highest BCUT2D eigenvalue weighted by atomic mass is 79.9. The number of hydrogen-bond acceptors (Lipinski definition) is 2. The minimum absolute atomic E-state index is 0. The molecule has 88 valence electrons. The fourth-order valence-electron chi connectivity index (χ4n) is 1.65. The average Bonchev–Trinajstić information content (AvgIpc) is 2.31. The van der Waals surface area contributed by atoms with Gasteiger partial charge in [-0.25, -0.2) is 4.98 Å². The predicted molar refractivity (Wildman–Crippen MR) is 58.3 cm³/mol. The van der Waals surface area contributed by atoms with Gasteiger partial charge in [0.1, 0.15) is 0 Å². The Hall–Kier alpha value is -1.75. The van der Waals surface area contributed by atoms with Gasteiger partial charge in [0.05, 0.1) is 0 Å². The minimum Gasteiger partial charge on any atom is -1.00 e. The molecule has 17 heavy (non-hydrogen) atoms.